The molecule has 0 heterocycles. The van der Waals surface area contributed by atoms with Crippen LogP contribution in [0.4, 0.5) is 5.69 Å². The second-order valence-corrected chi connectivity index (χ2v) is 11.9. The average Bonchev–Trinajstić information content (AvgIpc) is 2.91. The molecule has 0 aromatic heterocycles. The van der Waals surface area contributed by atoms with E-state index in [0.717, 1.165) is 38.5 Å². The SMILES string of the molecule is CCCNC(=O)[C@@H](C)N(Cc1ccc(C)cc1)C(=O)CN(c1ccc(C)c(C)c1)S(=O)(=O)c1ccc(C)cc1. The third-order valence-corrected chi connectivity index (χ3v) is 8.64. The van der Waals surface area contributed by atoms with Crippen LogP contribution < -0.4 is 9.62 Å². The van der Waals surface area contributed by atoms with Gasteiger partial charge in [0.15, 0.2) is 0 Å². The molecular formula is C31H39N3O4S. The van der Waals surface area contributed by atoms with Gasteiger partial charge < -0.3 is 10.2 Å². The van der Waals surface area contributed by atoms with Gasteiger partial charge in [0.05, 0.1) is 10.6 Å². The lowest BCUT2D eigenvalue weighted by molar-refractivity contribution is -0.139. The molecule has 0 bridgehead atoms. The summed E-state index contributed by atoms with van der Waals surface area (Å²) in [6, 6.07) is 18.8. The number of hydrogen-bond acceptors (Lipinski definition) is 4. The fourth-order valence-corrected chi connectivity index (χ4v) is 5.52. The second kappa shape index (κ2) is 12.9. The van der Waals surface area contributed by atoms with Crippen molar-refractivity contribution in [3.63, 3.8) is 0 Å². The molecular weight excluding hydrogens is 510 g/mol. The number of carbonyl (C=O) groups is 2. The maximum absolute atomic E-state index is 13.9. The first-order chi connectivity index (χ1) is 18.4. The van der Waals surface area contributed by atoms with E-state index >= 15 is 0 Å². The minimum Gasteiger partial charge on any atom is -0.354 e. The largest absolute Gasteiger partial charge is 0.354 e. The van der Waals surface area contributed by atoms with Gasteiger partial charge in [0.25, 0.3) is 10.0 Å². The van der Waals surface area contributed by atoms with Crippen molar-refractivity contribution in [3.05, 3.63) is 94.5 Å². The Labute approximate surface area is 232 Å². The molecule has 0 aliphatic rings. The zero-order chi connectivity index (χ0) is 28.7. The molecule has 0 saturated heterocycles. The van der Waals surface area contributed by atoms with Crippen LogP contribution in [-0.2, 0) is 26.2 Å². The van der Waals surface area contributed by atoms with E-state index in [-0.39, 0.29) is 17.3 Å². The van der Waals surface area contributed by atoms with Gasteiger partial charge in [0.1, 0.15) is 12.6 Å². The van der Waals surface area contributed by atoms with Gasteiger partial charge >= 0.3 is 0 Å². The topological polar surface area (TPSA) is 86.8 Å². The Bertz CT molecular complexity index is 1400. The first-order valence-corrected chi connectivity index (χ1v) is 14.7. The highest BCUT2D eigenvalue weighted by atomic mass is 32.2. The van der Waals surface area contributed by atoms with Crippen molar-refractivity contribution in [3.8, 4) is 0 Å². The summed E-state index contributed by atoms with van der Waals surface area (Å²) in [4.78, 5) is 28.4. The Hall–Kier alpha value is -3.65. The van der Waals surface area contributed by atoms with Crippen LogP contribution in [0.2, 0.25) is 0 Å². The molecule has 1 atom stereocenters. The van der Waals surface area contributed by atoms with E-state index in [0.29, 0.717) is 12.2 Å². The van der Waals surface area contributed by atoms with Crippen LogP contribution in [0.5, 0.6) is 0 Å². The summed E-state index contributed by atoms with van der Waals surface area (Å²) in [5, 5.41) is 2.86. The van der Waals surface area contributed by atoms with Crippen LogP contribution in [-0.4, -0.2) is 44.3 Å². The summed E-state index contributed by atoms with van der Waals surface area (Å²) in [6.07, 6.45) is 0.764. The smallest absolute Gasteiger partial charge is 0.264 e. The average molecular weight is 550 g/mol. The van der Waals surface area contributed by atoms with Crippen LogP contribution in [0.25, 0.3) is 0 Å². The van der Waals surface area contributed by atoms with E-state index in [4.69, 9.17) is 0 Å². The molecule has 208 valence electrons. The molecule has 3 aromatic rings. The van der Waals surface area contributed by atoms with Gasteiger partial charge in [-0.1, -0.05) is 60.5 Å². The minimum atomic E-state index is -4.08. The summed E-state index contributed by atoms with van der Waals surface area (Å²) in [7, 11) is -4.08. The zero-order valence-electron chi connectivity index (χ0n) is 23.7. The molecule has 8 heteroatoms. The summed E-state index contributed by atoms with van der Waals surface area (Å²) >= 11 is 0. The van der Waals surface area contributed by atoms with Crippen molar-refractivity contribution in [2.45, 2.75) is 65.4 Å². The van der Waals surface area contributed by atoms with Gasteiger partial charge in [-0.3, -0.25) is 13.9 Å². The fraction of sp³-hybridized carbons (Fsp3) is 0.355. The molecule has 1 N–H and O–H groups in total. The standard InChI is InChI=1S/C31H39N3O4S/c1-7-18-32-31(36)26(6)33(20-27-13-8-22(2)9-14-27)30(35)21-34(28-15-12-24(4)25(5)19-28)39(37,38)29-16-10-23(3)11-17-29/h8-17,19,26H,7,18,20-21H2,1-6H3,(H,32,36)/t26-/m1/s1. The van der Waals surface area contributed by atoms with Gasteiger partial charge in [0, 0.05) is 13.1 Å². The number of carbonyl (C=O) groups excluding carboxylic acids is 2. The summed E-state index contributed by atoms with van der Waals surface area (Å²) < 4.78 is 29.0. The highest BCUT2D eigenvalue weighted by Gasteiger charge is 2.32. The fourth-order valence-electron chi connectivity index (χ4n) is 4.12. The van der Waals surface area contributed by atoms with E-state index in [2.05, 4.69) is 5.32 Å². The third-order valence-electron chi connectivity index (χ3n) is 6.86. The number of aryl methyl sites for hydroxylation is 4. The summed E-state index contributed by atoms with van der Waals surface area (Å²) in [5.41, 5.74) is 5.18. The summed E-state index contributed by atoms with van der Waals surface area (Å²) in [6.45, 7) is 11.6. The molecule has 7 nitrogen and oxygen atoms in total. The molecule has 0 saturated carbocycles. The third kappa shape index (κ3) is 7.47. The van der Waals surface area contributed by atoms with Gasteiger partial charge in [-0.05, 0) is 82.0 Å². The highest BCUT2D eigenvalue weighted by Crippen LogP contribution is 2.27. The molecule has 0 aliphatic heterocycles. The quantitative estimate of drug-likeness (QED) is 0.362. The molecule has 2 amide bonds. The number of nitrogens with zero attached hydrogens (tertiary/aromatic N) is 2. The Morgan fingerprint density at radius 1 is 0.846 bits per heavy atom. The van der Waals surface area contributed by atoms with Gasteiger partial charge in [-0.2, -0.15) is 0 Å². The number of amides is 2. The van der Waals surface area contributed by atoms with Crippen molar-refractivity contribution in [2.24, 2.45) is 0 Å². The monoisotopic (exact) mass is 549 g/mol. The van der Waals surface area contributed by atoms with Crippen molar-refractivity contribution in [2.75, 3.05) is 17.4 Å². The number of anilines is 1. The lowest BCUT2D eigenvalue weighted by Crippen LogP contribution is -2.51. The number of hydrogen-bond donors (Lipinski definition) is 1. The Morgan fingerprint density at radius 3 is 2.00 bits per heavy atom. The molecule has 0 radical (unpaired) electrons. The molecule has 0 fully saturated rings. The number of benzene rings is 3. The van der Waals surface area contributed by atoms with Crippen LogP contribution in [0, 0.1) is 27.7 Å². The number of sulfonamides is 1. The molecule has 0 unspecified atom stereocenters. The van der Waals surface area contributed by atoms with E-state index in [9.17, 15) is 18.0 Å². The van der Waals surface area contributed by atoms with Gasteiger partial charge in [-0.15, -0.1) is 0 Å². The van der Waals surface area contributed by atoms with Crippen molar-refractivity contribution < 1.29 is 18.0 Å². The second-order valence-electron chi connectivity index (χ2n) is 10.1. The Balaban J connectivity index is 2.04. The molecule has 3 aromatic carbocycles. The minimum absolute atomic E-state index is 0.0953. The predicted octanol–water partition coefficient (Wildman–Crippen LogP) is 5.06. The van der Waals surface area contributed by atoms with Crippen molar-refractivity contribution in [1.82, 2.24) is 10.2 Å². The number of nitrogens with one attached hydrogen (secondary N) is 1. The maximum Gasteiger partial charge on any atom is 0.264 e. The Kier molecular flexibility index (Phi) is 9.92. The molecule has 0 spiro atoms. The predicted molar refractivity (Wildman–Crippen MR) is 156 cm³/mol. The normalized spacial score (nSPS) is 12.1. The Morgan fingerprint density at radius 2 is 1.44 bits per heavy atom. The van der Waals surface area contributed by atoms with Crippen LogP contribution in [0.3, 0.4) is 0 Å². The van der Waals surface area contributed by atoms with Gasteiger partial charge in [-0.25, -0.2) is 8.42 Å². The molecule has 39 heavy (non-hydrogen) atoms. The van der Waals surface area contributed by atoms with E-state index < -0.39 is 28.5 Å². The molecule has 3 rings (SSSR count). The van der Waals surface area contributed by atoms with E-state index in [1.54, 1.807) is 43.3 Å². The first-order valence-electron chi connectivity index (χ1n) is 13.2. The number of rotatable bonds is 11. The lowest BCUT2D eigenvalue weighted by atomic mass is 10.1. The first kappa shape index (κ1) is 29.9. The van der Waals surface area contributed by atoms with Crippen LogP contribution in [0.1, 0.15) is 48.1 Å². The van der Waals surface area contributed by atoms with Crippen molar-refractivity contribution >= 4 is 27.5 Å². The summed E-state index contributed by atoms with van der Waals surface area (Å²) in [5.74, 6) is -0.750. The maximum atomic E-state index is 13.9. The highest BCUT2D eigenvalue weighted by molar-refractivity contribution is 7.92. The van der Waals surface area contributed by atoms with E-state index in [1.807, 2.05) is 65.0 Å². The van der Waals surface area contributed by atoms with Crippen molar-refractivity contribution in [1.29, 1.82) is 0 Å². The van der Waals surface area contributed by atoms with Gasteiger partial charge in [0.2, 0.25) is 11.8 Å². The zero-order valence-corrected chi connectivity index (χ0v) is 24.5. The van der Waals surface area contributed by atoms with Crippen LogP contribution >= 0.6 is 0 Å². The lowest BCUT2D eigenvalue weighted by Gasteiger charge is -2.32. The van der Waals surface area contributed by atoms with Crippen LogP contribution in [0.15, 0.2) is 71.6 Å². The van der Waals surface area contributed by atoms with E-state index in [1.165, 1.54) is 4.90 Å². The molecule has 0 aliphatic carbocycles.